The number of hydrogen-bond acceptors (Lipinski definition) is 4. The normalized spacial score (nSPS) is 14.6. The van der Waals surface area contributed by atoms with Crippen LogP contribution in [0.4, 0.5) is 5.69 Å². The summed E-state index contributed by atoms with van der Waals surface area (Å²) >= 11 is 13.5. The van der Waals surface area contributed by atoms with Crippen LogP contribution in [0.15, 0.2) is 48.5 Å². The molecule has 0 radical (unpaired) electrons. The number of benzene rings is 3. The van der Waals surface area contributed by atoms with E-state index >= 15 is 4.79 Å². The van der Waals surface area contributed by atoms with Crippen molar-refractivity contribution in [3.8, 4) is 16.9 Å². The molecule has 1 aliphatic heterocycles. The number of fused-ring (bicyclic) bond motifs is 4. The van der Waals surface area contributed by atoms with E-state index < -0.39 is 5.97 Å². The zero-order valence-corrected chi connectivity index (χ0v) is 32.3. The van der Waals surface area contributed by atoms with Crippen molar-refractivity contribution in [2.24, 2.45) is 7.05 Å². The van der Waals surface area contributed by atoms with E-state index in [1.807, 2.05) is 105 Å². The van der Waals surface area contributed by atoms with Crippen molar-refractivity contribution in [2.75, 3.05) is 18.1 Å². The first-order chi connectivity index (χ1) is 24.7. The van der Waals surface area contributed by atoms with Gasteiger partial charge in [-0.25, -0.2) is 4.79 Å². The molecule has 1 aliphatic rings. The molecule has 4 heterocycles. The molecule has 1 atom stereocenters. The number of halogens is 2. The fraction of sp³-hybridized carbons (Fsp3) is 0.341. The molecule has 0 saturated carbocycles. The fourth-order valence-electron chi connectivity index (χ4n) is 8.13. The Kier molecular flexibility index (Phi) is 9.16. The Morgan fingerprint density at radius 3 is 2.37 bits per heavy atom. The molecule has 1 unspecified atom stereocenters. The van der Waals surface area contributed by atoms with Crippen LogP contribution in [0.1, 0.15) is 88.3 Å². The standard InChI is InChI=1S/C41H43Cl2N5O4/c1-21(2)47-33-13-9-12-32(30(33)19-34(47)41(50)51)46-20-24(5)48-38-29(14-15-31(42)36(38)35-25(6)44-45(8)26(35)7)28(39(48)40(46)49)11-10-16-52-27-17-22(3)37(43)23(4)18-27/h9,12-15,17-19,21,24H,10-11,16,20H2,1-8H3,(H,50,51). The Labute approximate surface area is 313 Å². The number of hydrogen-bond donors (Lipinski definition) is 1. The lowest BCUT2D eigenvalue weighted by Crippen LogP contribution is -2.42. The Morgan fingerprint density at radius 2 is 1.73 bits per heavy atom. The van der Waals surface area contributed by atoms with Crippen molar-refractivity contribution >= 4 is 62.6 Å². The number of aromatic nitrogens is 4. The number of carbonyl (C=O) groups is 2. The Hall–Kier alpha value is -4.73. The number of rotatable bonds is 9. The molecule has 52 heavy (non-hydrogen) atoms. The SMILES string of the molecule is Cc1cc(OCCCc2c3n(c4c(-c5c(C)nn(C)c5C)c(Cl)ccc24)C(C)CN(c2cccc4c2cc(C(=O)O)n4C(C)C)C3=O)cc(C)c1Cl. The van der Waals surface area contributed by atoms with Crippen molar-refractivity contribution in [1.29, 1.82) is 0 Å². The molecule has 3 aromatic carbocycles. The van der Waals surface area contributed by atoms with E-state index in [0.717, 1.165) is 71.8 Å². The summed E-state index contributed by atoms with van der Waals surface area (Å²) in [7, 11) is 1.93. The molecule has 0 spiro atoms. The lowest BCUT2D eigenvalue weighted by atomic mass is 9.98. The number of carbonyl (C=O) groups excluding carboxylic acids is 1. The van der Waals surface area contributed by atoms with Crippen LogP contribution in [-0.4, -0.2) is 49.0 Å². The second kappa shape index (κ2) is 13.4. The molecule has 9 nitrogen and oxygen atoms in total. The number of amides is 1. The minimum Gasteiger partial charge on any atom is -0.494 e. The van der Waals surface area contributed by atoms with E-state index in [4.69, 9.17) is 33.0 Å². The number of anilines is 1. The number of nitrogens with zero attached hydrogens (tertiary/aromatic N) is 5. The van der Waals surface area contributed by atoms with Crippen molar-refractivity contribution < 1.29 is 19.4 Å². The van der Waals surface area contributed by atoms with Gasteiger partial charge < -0.3 is 23.9 Å². The largest absolute Gasteiger partial charge is 0.494 e. The fourth-order valence-corrected chi connectivity index (χ4v) is 8.48. The first-order valence-corrected chi connectivity index (χ1v) is 18.4. The number of ether oxygens (including phenoxy) is 1. The molecule has 3 aromatic heterocycles. The van der Waals surface area contributed by atoms with E-state index in [0.29, 0.717) is 42.4 Å². The Balaban J connectivity index is 1.39. The van der Waals surface area contributed by atoms with Crippen LogP contribution in [0.5, 0.6) is 5.75 Å². The molecule has 1 N–H and O–H groups in total. The Bertz CT molecular complexity index is 2410. The van der Waals surface area contributed by atoms with Gasteiger partial charge in [0.15, 0.2) is 0 Å². The Morgan fingerprint density at radius 1 is 1.02 bits per heavy atom. The lowest BCUT2D eigenvalue weighted by molar-refractivity contribution is 0.0683. The smallest absolute Gasteiger partial charge is 0.352 e. The summed E-state index contributed by atoms with van der Waals surface area (Å²) in [5.74, 6) is -0.386. The minimum absolute atomic E-state index is 0.0885. The van der Waals surface area contributed by atoms with Gasteiger partial charge in [0.25, 0.3) is 5.91 Å². The molecule has 7 rings (SSSR count). The van der Waals surface area contributed by atoms with Crippen LogP contribution in [0.3, 0.4) is 0 Å². The molecule has 0 aliphatic carbocycles. The lowest BCUT2D eigenvalue weighted by Gasteiger charge is -2.34. The van der Waals surface area contributed by atoms with Crippen molar-refractivity contribution in [2.45, 2.75) is 73.4 Å². The number of aromatic carboxylic acids is 1. The van der Waals surface area contributed by atoms with Crippen molar-refractivity contribution in [3.05, 3.63) is 98.0 Å². The summed E-state index contributed by atoms with van der Waals surface area (Å²) in [5.41, 5.74) is 9.71. The topological polar surface area (TPSA) is 94.5 Å². The van der Waals surface area contributed by atoms with Gasteiger partial charge in [-0.15, -0.1) is 0 Å². The molecule has 270 valence electrons. The van der Waals surface area contributed by atoms with Gasteiger partial charge in [0, 0.05) is 58.3 Å². The summed E-state index contributed by atoms with van der Waals surface area (Å²) in [6, 6.07) is 15.0. The van der Waals surface area contributed by atoms with Crippen LogP contribution in [0.2, 0.25) is 10.0 Å². The molecular formula is C41H43Cl2N5O4. The van der Waals surface area contributed by atoms with Gasteiger partial charge in [-0.1, -0.05) is 35.3 Å². The predicted molar refractivity (Wildman–Crippen MR) is 209 cm³/mol. The molecule has 0 bridgehead atoms. The van der Waals surface area contributed by atoms with Gasteiger partial charge in [0.2, 0.25) is 0 Å². The van der Waals surface area contributed by atoms with Crippen LogP contribution in [0.25, 0.3) is 32.9 Å². The second-order valence-electron chi connectivity index (χ2n) is 14.3. The monoisotopic (exact) mass is 739 g/mol. The highest BCUT2D eigenvalue weighted by atomic mass is 35.5. The van der Waals surface area contributed by atoms with Gasteiger partial charge in [0.05, 0.1) is 34.0 Å². The number of carboxylic acid groups (broad SMARTS) is 1. The number of aryl methyl sites for hydroxylation is 5. The van der Waals surface area contributed by atoms with Gasteiger partial charge in [-0.2, -0.15) is 5.10 Å². The molecule has 11 heteroatoms. The van der Waals surface area contributed by atoms with Crippen molar-refractivity contribution in [3.63, 3.8) is 0 Å². The zero-order valence-electron chi connectivity index (χ0n) is 30.8. The highest BCUT2D eigenvalue weighted by molar-refractivity contribution is 6.35. The van der Waals surface area contributed by atoms with Crippen molar-refractivity contribution in [1.82, 2.24) is 18.9 Å². The average molecular weight is 741 g/mol. The zero-order chi connectivity index (χ0) is 37.3. The third-order valence-electron chi connectivity index (χ3n) is 10.5. The van der Waals surface area contributed by atoms with E-state index in [1.54, 1.807) is 6.07 Å². The first kappa shape index (κ1) is 35.7. The summed E-state index contributed by atoms with van der Waals surface area (Å²) in [6.45, 7) is 14.8. The van der Waals surface area contributed by atoms with E-state index in [2.05, 4.69) is 11.5 Å². The maximum atomic E-state index is 15.1. The maximum Gasteiger partial charge on any atom is 0.352 e. The molecule has 0 fully saturated rings. The molecule has 1 amide bonds. The quantitative estimate of drug-likeness (QED) is 0.149. The van der Waals surface area contributed by atoms with Crippen LogP contribution >= 0.6 is 23.2 Å². The first-order valence-electron chi connectivity index (χ1n) is 17.7. The summed E-state index contributed by atoms with van der Waals surface area (Å²) in [6.07, 6.45) is 1.24. The average Bonchev–Trinajstić information content (AvgIpc) is 3.73. The highest BCUT2D eigenvalue weighted by Crippen LogP contribution is 2.46. The van der Waals surface area contributed by atoms with Crippen LogP contribution < -0.4 is 9.64 Å². The van der Waals surface area contributed by atoms with Crippen LogP contribution in [-0.2, 0) is 13.5 Å². The number of carboxylic acids is 1. The van der Waals surface area contributed by atoms with Gasteiger partial charge in [0.1, 0.15) is 17.1 Å². The van der Waals surface area contributed by atoms with Crippen LogP contribution in [0, 0.1) is 27.7 Å². The van der Waals surface area contributed by atoms with Gasteiger partial charge >= 0.3 is 5.97 Å². The summed E-state index contributed by atoms with van der Waals surface area (Å²) in [4.78, 5) is 29.3. The van der Waals surface area contributed by atoms with Gasteiger partial charge in [-0.05, 0) is 114 Å². The minimum atomic E-state index is -1.01. The van der Waals surface area contributed by atoms with E-state index in [1.165, 1.54) is 0 Å². The molecular weight excluding hydrogens is 697 g/mol. The van der Waals surface area contributed by atoms with E-state index in [-0.39, 0.29) is 23.7 Å². The molecule has 6 aromatic rings. The van der Waals surface area contributed by atoms with E-state index in [9.17, 15) is 9.90 Å². The maximum absolute atomic E-state index is 15.1. The second-order valence-corrected chi connectivity index (χ2v) is 15.1. The molecule has 0 saturated heterocycles. The highest BCUT2D eigenvalue weighted by Gasteiger charge is 2.37. The third-order valence-corrected chi connectivity index (χ3v) is 11.4. The third kappa shape index (κ3) is 5.65. The summed E-state index contributed by atoms with van der Waals surface area (Å²) < 4.78 is 12.1. The predicted octanol–water partition coefficient (Wildman–Crippen LogP) is 10.0. The summed E-state index contributed by atoms with van der Waals surface area (Å²) in [5, 5.41) is 17.9. The van der Waals surface area contributed by atoms with Gasteiger partial charge in [-0.3, -0.25) is 9.48 Å².